The van der Waals surface area contributed by atoms with Crippen molar-refractivity contribution in [1.29, 1.82) is 0 Å². The third-order valence-corrected chi connectivity index (χ3v) is 3.66. The van der Waals surface area contributed by atoms with E-state index in [1.54, 1.807) is 12.1 Å². The summed E-state index contributed by atoms with van der Waals surface area (Å²) < 4.78 is 15.6. The van der Waals surface area contributed by atoms with Crippen LogP contribution in [0.3, 0.4) is 0 Å². The summed E-state index contributed by atoms with van der Waals surface area (Å²) in [5.41, 5.74) is 2.18. The van der Waals surface area contributed by atoms with E-state index < -0.39 is 22.3 Å². The molecule has 0 saturated carbocycles. The molecule has 0 fully saturated rings. The van der Waals surface area contributed by atoms with Crippen LogP contribution < -0.4 is 24.7 Å². The molecule has 1 N–H and O–H groups in total. The van der Waals surface area contributed by atoms with Crippen molar-refractivity contribution in [3.8, 4) is 23.0 Å². The van der Waals surface area contributed by atoms with Crippen LogP contribution in [0.4, 0.5) is 5.69 Å². The van der Waals surface area contributed by atoms with Crippen LogP contribution >= 0.6 is 0 Å². The first-order chi connectivity index (χ1) is 13.0. The summed E-state index contributed by atoms with van der Waals surface area (Å²) >= 11 is 0. The molecular formula is C17H14N3O7-. The molecule has 0 atom stereocenters. The zero-order chi connectivity index (χ0) is 19.4. The number of hydrazone groups is 1. The number of carbonyl (C=O) groups excluding carboxylic acids is 1. The first-order valence-corrected chi connectivity index (χ1v) is 7.76. The van der Waals surface area contributed by atoms with Gasteiger partial charge in [-0.3, -0.25) is 14.9 Å². The predicted molar refractivity (Wildman–Crippen MR) is 91.6 cm³/mol. The van der Waals surface area contributed by atoms with E-state index in [0.29, 0.717) is 30.3 Å². The summed E-state index contributed by atoms with van der Waals surface area (Å²) in [6.45, 7) is 0.840. The van der Waals surface area contributed by atoms with Gasteiger partial charge >= 0.3 is 0 Å². The van der Waals surface area contributed by atoms with Gasteiger partial charge in [-0.15, -0.1) is 0 Å². The normalized spacial score (nSPS) is 12.6. The third kappa shape index (κ3) is 3.89. The topological polar surface area (TPSA) is 135 Å². The minimum absolute atomic E-state index is 0.191. The number of nitro groups is 1. The van der Waals surface area contributed by atoms with Gasteiger partial charge in [0.1, 0.15) is 19.0 Å². The lowest BCUT2D eigenvalue weighted by atomic mass is 10.2. The van der Waals surface area contributed by atoms with Crippen LogP contribution in [-0.2, 0) is 0 Å². The fourth-order valence-corrected chi connectivity index (χ4v) is 2.38. The first-order valence-electron chi connectivity index (χ1n) is 7.76. The van der Waals surface area contributed by atoms with Crippen LogP contribution in [-0.4, -0.2) is 37.4 Å². The molecule has 1 aliphatic heterocycles. The summed E-state index contributed by atoms with van der Waals surface area (Å²) in [5.74, 6) is -0.517. The summed E-state index contributed by atoms with van der Waals surface area (Å²) in [4.78, 5) is 22.3. The molecule has 0 aliphatic carbocycles. The highest BCUT2D eigenvalue weighted by atomic mass is 16.6. The van der Waals surface area contributed by atoms with E-state index in [1.165, 1.54) is 25.5 Å². The van der Waals surface area contributed by atoms with Gasteiger partial charge in [-0.05, 0) is 24.3 Å². The van der Waals surface area contributed by atoms with Crippen LogP contribution in [0, 0.1) is 10.1 Å². The van der Waals surface area contributed by atoms with Crippen molar-refractivity contribution in [3.05, 3.63) is 51.6 Å². The second-order valence-corrected chi connectivity index (χ2v) is 5.39. The molecule has 10 nitrogen and oxygen atoms in total. The van der Waals surface area contributed by atoms with Gasteiger partial charge in [0, 0.05) is 22.9 Å². The fourth-order valence-electron chi connectivity index (χ4n) is 2.38. The molecule has 1 aliphatic rings. The van der Waals surface area contributed by atoms with Gasteiger partial charge in [0.2, 0.25) is 0 Å². The lowest BCUT2D eigenvalue weighted by Gasteiger charge is -2.18. The Bertz CT molecular complexity index is 927. The second-order valence-electron chi connectivity index (χ2n) is 5.39. The van der Waals surface area contributed by atoms with Crippen molar-refractivity contribution in [2.75, 3.05) is 20.3 Å². The number of methoxy groups -OCH3 is 1. The number of amides is 1. The van der Waals surface area contributed by atoms with Crippen molar-refractivity contribution in [3.63, 3.8) is 0 Å². The molecule has 27 heavy (non-hydrogen) atoms. The summed E-state index contributed by atoms with van der Waals surface area (Å²) in [6.07, 6.45) is 1.17. The van der Waals surface area contributed by atoms with E-state index in [0.717, 1.165) is 6.07 Å². The first kappa shape index (κ1) is 18.0. The van der Waals surface area contributed by atoms with Gasteiger partial charge in [0.15, 0.2) is 11.5 Å². The van der Waals surface area contributed by atoms with E-state index in [4.69, 9.17) is 14.2 Å². The van der Waals surface area contributed by atoms with E-state index in [-0.39, 0.29) is 11.3 Å². The molecule has 3 rings (SSSR count). The standard InChI is InChI=1S/C17H15N3O7/c1-25-15-7-10(6-12(16(15)21)20(23)24)9-18-19-17(22)11-2-3-13-14(8-11)27-5-4-26-13/h2-3,6-9,21H,4-5H2,1H3,(H,19,22)/p-1. The second kappa shape index (κ2) is 7.60. The van der Waals surface area contributed by atoms with Gasteiger partial charge in [0.25, 0.3) is 11.6 Å². The highest BCUT2D eigenvalue weighted by molar-refractivity contribution is 5.95. The SMILES string of the molecule is COc1cc(C=NNC(=O)c2ccc3c(c2)OCCO3)cc([N+](=O)[O-])c1[O-]. The van der Waals surface area contributed by atoms with Gasteiger partial charge in [-0.1, -0.05) is 0 Å². The highest BCUT2D eigenvalue weighted by Crippen LogP contribution is 2.34. The van der Waals surface area contributed by atoms with Crippen molar-refractivity contribution in [2.45, 2.75) is 0 Å². The molecule has 2 aromatic carbocycles. The number of benzene rings is 2. The lowest BCUT2D eigenvalue weighted by Crippen LogP contribution is -2.19. The molecule has 1 amide bonds. The number of hydrogen-bond acceptors (Lipinski definition) is 8. The number of nitrogens with zero attached hydrogens (tertiary/aromatic N) is 2. The number of nitro benzene ring substituents is 1. The van der Waals surface area contributed by atoms with E-state index in [2.05, 4.69) is 10.5 Å². The van der Waals surface area contributed by atoms with Crippen LogP contribution in [0.1, 0.15) is 15.9 Å². The summed E-state index contributed by atoms with van der Waals surface area (Å²) in [5, 5.41) is 26.5. The number of ether oxygens (including phenoxy) is 3. The van der Waals surface area contributed by atoms with Gasteiger partial charge in [0.05, 0.1) is 18.2 Å². The minimum atomic E-state index is -0.833. The molecule has 140 valence electrons. The number of carbonyl (C=O) groups is 1. The summed E-state index contributed by atoms with van der Waals surface area (Å²) in [7, 11) is 1.23. The maximum atomic E-state index is 12.2. The van der Waals surface area contributed by atoms with Crippen molar-refractivity contribution < 1.29 is 29.0 Å². The molecular weight excluding hydrogens is 358 g/mol. The average Bonchev–Trinajstić information content (AvgIpc) is 2.68. The Labute approximate surface area is 153 Å². The van der Waals surface area contributed by atoms with E-state index >= 15 is 0 Å². The van der Waals surface area contributed by atoms with Crippen molar-refractivity contribution in [2.24, 2.45) is 5.10 Å². The monoisotopic (exact) mass is 372 g/mol. The van der Waals surface area contributed by atoms with Crippen LogP contribution in [0.5, 0.6) is 23.0 Å². The maximum absolute atomic E-state index is 12.2. The van der Waals surface area contributed by atoms with Crippen molar-refractivity contribution in [1.82, 2.24) is 5.43 Å². The quantitative estimate of drug-likeness (QED) is 0.473. The number of nitrogens with one attached hydrogen (secondary N) is 1. The Hall–Kier alpha value is -3.82. The minimum Gasteiger partial charge on any atom is -0.865 e. The molecule has 2 aromatic rings. The van der Waals surface area contributed by atoms with Crippen LogP contribution in [0.25, 0.3) is 0 Å². The van der Waals surface area contributed by atoms with Crippen LogP contribution in [0.2, 0.25) is 0 Å². The largest absolute Gasteiger partial charge is 0.865 e. The Morgan fingerprint density at radius 2 is 2.00 bits per heavy atom. The molecule has 0 radical (unpaired) electrons. The van der Waals surface area contributed by atoms with E-state index in [1.807, 2.05) is 0 Å². The molecule has 0 bridgehead atoms. The van der Waals surface area contributed by atoms with Crippen LogP contribution in [0.15, 0.2) is 35.4 Å². The Balaban J connectivity index is 1.74. The molecule has 0 spiro atoms. The summed E-state index contributed by atoms with van der Waals surface area (Å²) in [6, 6.07) is 7.03. The fraction of sp³-hybridized carbons (Fsp3) is 0.176. The number of rotatable bonds is 5. The van der Waals surface area contributed by atoms with Gasteiger partial charge in [-0.25, -0.2) is 5.43 Å². The Kier molecular flexibility index (Phi) is 5.06. The molecule has 0 saturated heterocycles. The zero-order valence-electron chi connectivity index (χ0n) is 14.1. The number of fused-ring (bicyclic) bond motifs is 1. The van der Waals surface area contributed by atoms with Gasteiger partial charge < -0.3 is 19.3 Å². The highest BCUT2D eigenvalue weighted by Gasteiger charge is 2.15. The predicted octanol–water partition coefficient (Wildman–Crippen LogP) is 1.21. The molecule has 0 unspecified atom stereocenters. The maximum Gasteiger partial charge on any atom is 0.271 e. The number of hydrogen-bond donors (Lipinski definition) is 1. The van der Waals surface area contributed by atoms with Crippen molar-refractivity contribution >= 4 is 17.8 Å². The third-order valence-electron chi connectivity index (χ3n) is 3.66. The smallest absolute Gasteiger partial charge is 0.271 e. The molecule has 1 heterocycles. The Morgan fingerprint density at radius 3 is 2.70 bits per heavy atom. The van der Waals surface area contributed by atoms with Gasteiger partial charge in [-0.2, -0.15) is 5.10 Å². The average molecular weight is 372 g/mol. The molecule has 10 heteroatoms. The Morgan fingerprint density at radius 1 is 1.26 bits per heavy atom. The molecule has 0 aromatic heterocycles. The zero-order valence-corrected chi connectivity index (χ0v) is 14.1. The van der Waals surface area contributed by atoms with E-state index in [9.17, 15) is 20.0 Å². The lowest BCUT2D eigenvalue weighted by molar-refractivity contribution is -0.398.